The Kier molecular flexibility index (Phi) is 4.17. The van der Waals surface area contributed by atoms with E-state index in [1.807, 2.05) is 18.5 Å². The molecule has 0 radical (unpaired) electrons. The van der Waals surface area contributed by atoms with Gasteiger partial charge in [0.15, 0.2) is 0 Å². The molecule has 0 N–H and O–H groups in total. The molecule has 1 aromatic heterocycles. The molecule has 1 rings (SSSR count). The van der Waals surface area contributed by atoms with Crippen LogP contribution in [-0.2, 0) is 0 Å². The van der Waals surface area contributed by atoms with Gasteiger partial charge in [0.25, 0.3) is 0 Å². The fourth-order valence-corrected chi connectivity index (χ4v) is 2.53. The van der Waals surface area contributed by atoms with Crippen LogP contribution < -0.4 is 4.72 Å². The van der Waals surface area contributed by atoms with Gasteiger partial charge in [-0.3, -0.25) is 0 Å². The van der Waals surface area contributed by atoms with E-state index in [0.29, 0.717) is 15.0 Å². The molecule has 0 aliphatic carbocycles. The van der Waals surface area contributed by atoms with Crippen LogP contribution in [0.1, 0.15) is 19.8 Å². The summed E-state index contributed by atoms with van der Waals surface area (Å²) in [5.41, 5.74) is 0. The zero-order valence-electron chi connectivity index (χ0n) is 6.66. The van der Waals surface area contributed by atoms with Gasteiger partial charge < -0.3 is 0 Å². The fourth-order valence-electron chi connectivity index (χ4n) is 0.668. The van der Waals surface area contributed by atoms with E-state index < -0.39 is 0 Å². The number of hydrogen-bond donors (Lipinski definition) is 0. The summed E-state index contributed by atoms with van der Waals surface area (Å²) in [6.07, 6.45) is 6.21. The van der Waals surface area contributed by atoms with E-state index in [0.717, 1.165) is 4.72 Å². The van der Waals surface area contributed by atoms with E-state index in [4.69, 9.17) is 0 Å². The van der Waals surface area contributed by atoms with Crippen molar-refractivity contribution in [3.8, 4) is 0 Å². The molecule has 0 unspecified atom stereocenters. The fraction of sp³-hybridized carbons (Fsp3) is 0.500. The van der Waals surface area contributed by atoms with Crippen LogP contribution in [0.15, 0.2) is 18.5 Å². The Morgan fingerprint density at radius 2 is 2.09 bits per heavy atom. The Morgan fingerprint density at radius 3 is 2.73 bits per heavy atom. The predicted molar refractivity (Wildman–Crippen MR) is 47.1 cm³/mol. The zero-order valence-corrected chi connectivity index (χ0v) is 8.37. The van der Waals surface area contributed by atoms with Gasteiger partial charge in [0.1, 0.15) is 0 Å². The summed E-state index contributed by atoms with van der Waals surface area (Å²) >= 11 is 0.497. The molecule has 0 aliphatic rings. The molecule has 0 atom stereocenters. The summed E-state index contributed by atoms with van der Waals surface area (Å²) in [6.45, 7) is 2.21. The number of nitrogens with zero attached hydrogens (tertiary/aromatic N) is 2. The van der Waals surface area contributed by atoms with Gasteiger partial charge in [-0.1, -0.05) is 0 Å². The number of aromatic nitrogens is 2. The average Bonchev–Trinajstić information content (AvgIpc) is 2.07. The molecule has 0 spiro atoms. The topological polar surface area (TPSA) is 25.8 Å². The summed E-state index contributed by atoms with van der Waals surface area (Å²) in [7, 11) is 0. The maximum atomic E-state index is 4.17. The van der Waals surface area contributed by atoms with E-state index >= 15 is 0 Å². The van der Waals surface area contributed by atoms with Crippen molar-refractivity contribution in [1.82, 2.24) is 9.97 Å². The van der Waals surface area contributed by atoms with Crippen LogP contribution >= 0.6 is 0 Å². The van der Waals surface area contributed by atoms with E-state index in [1.165, 1.54) is 18.2 Å². The van der Waals surface area contributed by atoms with Gasteiger partial charge in [0.2, 0.25) is 0 Å². The van der Waals surface area contributed by atoms with Gasteiger partial charge in [-0.25, -0.2) is 0 Å². The van der Waals surface area contributed by atoms with Crippen molar-refractivity contribution in [2.24, 2.45) is 0 Å². The molecule has 0 aromatic carbocycles. The molecule has 0 saturated carbocycles. The normalized spacial score (nSPS) is 9.91. The van der Waals surface area contributed by atoms with Crippen LogP contribution in [0.25, 0.3) is 0 Å². The molecule has 0 amide bonds. The van der Waals surface area contributed by atoms with Gasteiger partial charge in [0, 0.05) is 0 Å². The first kappa shape index (κ1) is 8.69. The molecule has 1 aromatic rings. The maximum absolute atomic E-state index is 4.17. The molecule has 0 saturated heterocycles. The van der Waals surface area contributed by atoms with Crippen molar-refractivity contribution in [1.29, 1.82) is 0 Å². The van der Waals surface area contributed by atoms with E-state index in [2.05, 4.69) is 16.9 Å². The van der Waals surface area contributed by atoms with Crippen LogP contribution in [0.5, 0.6) is 0 Å². The third-order valence-corrected chi connectivity index (χ3v) is 3.29. The summed E-state index contributed by atoms with van der Waals surface area (Å²) in [5.74, 6) is 0. The Balaban J connectivity index is 2.28. The van der Waals surface area contributed by atoms with Crippen molar-refractivity contribution < 1.29 is 0 Å². The van der Waals surface area contributed by atoms with Crippen molar-refractivity contribution in [3.05, 3.63) is 18.5 Å². The summed E-state index contributed by atoms with van der Waals surface area (Å²) < 4.78 is 1.04. The van der Waals surface area contributed by atoms with E-state index in [9.17, 15) is 0 Å². The molecule has 11 heavy (non-hydrogen) atoms. The Labute approximate surface area is 73.6 Å². The van der Waals surface area contributed by atoms with Crippen LogP contribution in [0.4, 0.5) is 0 Å². The molecule has 0 fully saturated rings. The second-order valence-electron chi connectivity index (χ2n) is 2.23. The zero-order chi connectivity index (χ0) is 7.94. The quantitative estimate of drug-likeness (QED) is 0.553. The van der Waals surface area contributed by atoms with Crippen molar-refractivity contribution in [3.63, 3.8) is 0 Å². The molecule has 1 heterocycles. The molecule has 60 valence electrons. The first-order valence-corrected chi connectivity index (χ1v) is 5.90. The second kappa shape index (κ2) is 5.28. The van der Waals surface area contributed by atoms with Crippen molar-refractivity contribution in [2.75, 3.05) is 0 Å². The number of rotatable bonds is 4. The van der Waals surface area contributed by atoms with Gasteiger partial charge in [-0.15, -0.1) is 0 Å². The summed E-state index contributed by atoms with van der Waals surface area (Å²) in [6, 6.07) is 1.86. The van der Waals surface area contributed by atoms with E-state index in [1.54, 1.807) is 0 Å². The number of unbranched alkanes of at least 4 members (excludes halogenated alkanes) is 1. The Hall–Kier alpha value is -0.401. The van der Waals surface area contributed by atoms with Gasteiger partial charge in [-0.2, -0.15) is 0 Å². The van der Waals surface area contributed by atoms with Gasteiger partial charge >= 0.3 is 73.2 Å². The molecule has 3 heteroatoms. The number of hydrogen-bond acceptors (Lipinski definition) is 2. The third-order valence-electron chi connectivity index (χ3n) is 1.27. The molecule has 2 nitrogen and oxygen atoms in total. The second-order valence-corrected chi connectivity index (χ2v) is 4.46. The van der Waals surface area contributed by atoms with Crippen LogP contribution in [0.3, 0.4) is 0 Å². The predicted octanol–water partition coefficient (Wildman–Crippen LogP) is 1.02. The van der Waals surface area contributed by atoms with E-state index in [-0.39, 0.29) is 0 Å². The van der Waals surface area contributed by atoms with Crippen molar-refractivity contribution in [2.45, 2.75) is 25.1 Å². The summed E-state index contributed by atoms with van der Waals surface area (Å²) in [4.78, 5) is 8.33. The van der Waals surface area contributed by atoms with Crippen LogP contribution in [-0.4, -0.2) is 24.9 Å². The summed E-state index contributed by atoms with van der Waals surface area (Å²) in [5, 5.41) is 1.27. The first-order valence-electron chi connectivity index (χ1n) is 3.83. The standard InChI is InChI=1S/C8H12N2Se/c1-2-3-7-11-8-9-5-4-6-10-8/h4-6H,2-3,7H2,1H3. The Bertz CT molecular complexity index is 189. The third kappa shape index (κ3) is 3.49. The van der Waals surface area contributed by atoms with Crippen molar-refractivity contribution >= 4 is 19.7 Å². The minimum atomic E-state index is 0.497. The minimum absolute atomic E-state index is 0.497. The average molecular weight is 215 g/mol. The first-order chi connectivity index (χ1) is 5.43. The van der Waals surface area contributed by atoms with Crippen LogP contribution in [0, 0.1) is 0 Å². The Morgan fingerprint density at radius 1 is 1.36 bits per heavy atom. The SMILES string of the molecule is CCCC[Se]c1ncccn1. The molecular formula is C8H12N2Se. The van der Waals surface area contributed by atoms with Gasteiger partial charge in [-0.05, 0) is 0 Å². The van der Waals surface area contributed by atoms with Crippen LogP contribution in [0.2, 0.25) is 5.32 Å². The van der Waals surface area contributed by atoms with Gasteiger partial charge in [0.05, 0.1) is 0 Å². The molecule has 0 aliphatic heterocycles. The molecular weight excluding hydrogens is 203 g/mol. The molecule has 0 bridgehead atoms. The monoisotopic (exact) mass is 216 g/mol.